The SMILES string of the molecule is c1ccc([Si](c2ccccc2)(c2cccc(-c3ccc4nc5sc6ccccc6n5c4c3)c2)c2cccc(-c3ccc4nc5sc6ccccc6n5c4c3)c2)cc1. The number of rotatable bonds is 6. The van der Waals surface area contributed by atoms with E-state index in [0.29, 0.717) is 0 Å². The Kier molecular flexibility index (Phi) is 7.26. The summed E-state index contributed by atoms with van der Waals surface area (Å²) in [6, 6.07) is 71.7. The summed E-state index contributed by atoms with van der Waals surface area (Å²) in [6.07, 6.45) is 0. The molecular weight excluding hydrogens is 749 g/mol. The molecule has 0 aliphatic carbocycles. The summed E-state index contributed by atoms with van der Waals surface area (Å²) in [5.74, 6) is 0. The van der Waals surface area contributed by atoms with Crippen molar-refractivity contribution >= 4 is 104 Å². The molecule has 0 fully saturated rings. The highest BCUT2D eigenvalue weighted by Gasteiger charge is 2.41. The molecule has 0 atom stereocenters. The maximum absolute atomic E-state index is 5.02. The maximum Gasteiger partial charge on any atom is 0.195 e. The van der Waals surface area contributed by atoms with Crippen molar-refractivity contribution in [2.24, 2.45) is 0 Å². The molecule has 0 N–H and O–H groups in total. The van der Waals surface area contributed by atoms with Crippen molar-refractivity contribution in [1.29, 1.82) is 0 Å². The van der Waals surface area contributed by atoms with Crippen molar-refractivity contribution in [2.45, 2.75) is 0 Å². The van der Waals surface area contributed by atoms with Gasteiger partial charge in [0.15, 0.2) is 18.0 Å². The number of aromatic nitrogens is 4. The standard InChI is InChI=1S/C50H32N4S2Si/c1-3-15-37(16-4-1)57(38-17-5-2-6-18-38,39-19-11-13-33(29-39)35-25-27-41-45(31-35)53-43-21-7-9-23-47(43)55-49(53)51-41)40-20-12-14-34(30-40)36-26-28-42-46(32-36)54-44-22-8-10-24-48(44)56-50(54)52-42/h1-32H. The lowest BCUT2D eigenvalue weighted by Gasteiger charge is -2.35. The fourth-order valence-corrected chi connectivity index (χ4v) is 15.9. The molecule has 12 rings (SSSR count). The summed E-state index contributed by atoms with van der Waals surface area (Å²) < 4.78 is 7.12. The molecule has 57 heavy (non-hydrogen) atoms. The van der Waals surface area contributed by atoms with Crippen LogP contribution < -0.4 is 20.7 Å². The molecule has 12 aromatic rings. The Morgan fingerprint density at radius 2 is 0.737 bits per heavy atom. The predicted octanol–water partition coefficient (Wildman–Crippen LogP) is 10.4. The van der Waals surface area contributed by atoms with E-state index < -0.39 is 8.07 Å². The Balaban J connectivity index is 1.07. The summed E-state index contributed by atoms with van der Waals surface area (Å²) in [6.45, 7) is 0. The van der Waals surface area contributed by atoms with Crippen LogP contribution in [0.15, 0.2) is 194 Å². The van der Waals surface area contributed by atoms with Crippen molar-refractivity contribution in [3.05, 3.63) is 194 Å². The third-order valence-electron chi connectivity index (χ3n) is 11.5. The van der Waals surface area contributed by atoms with E-state index in [1.165, 1.54) is 63.4 Å². The van der Waals surface area contributed by atoms with Gasteiger partial charge in [0.25, 0.3) is 0 Å². The number of nitrogens with zero attached hydrogens (tertiary/aromatic N) is 4. The first-order valence-electron chi connectivity index (χ1n) is 19.1. The van der Waals surface area contributed by atoms with E-state index in [9.17, 15) is 0 Å². The molecule has 0 amide bonds. The minimum absolute atomic E-state index is 1.02. The van der Waals surface area contributed by atoms with Crippen LogP contribution in [-0.4, -0.2) is 26.8 Å². The fraction of sp³-hybridized carbons (Fsp3) is 0. The Bertz CT molecular complexity index is 3250. The molecule has 4 aromatic heterocycles. The van der Waals surface area contributed by atoms with Crippen LogP contribution in [0.2, 0.25) is 0 Å². The van der Waals surface area contributed by atoms with Gasteiger partial charge in [-0.25, -0.2) is 9.97 Å². The van der Waals surface area contributed by atoms with Crippen molar-refractivity contribution in [3.63, 3.8) is 0 Å². The first kappa shape index (κ1) is 32.6. The van der Waals surface area contributed by atoms with Crippen LogP contribution in [0, 0.1) is 0 Å². The highest BCUT2D eigenvalue weighted by molar-refractivity contribution is 7.24. The van der Waals surface area contributed by atoms with E-state index in [4.69, 9.17) is 9.97 Å². The second-order valence-corrected chi connectivity index (χ2v) is 20.5. The molecule has 4 heterocycles. The lowest BCUT2D eigenvalue weighted by atomic mass is 10.1. The van der Waals surface area contributed by atoms with Crippen LogP contribution >= 0.6 is 22.7 Å². The lowest BCUT2D eigenvalue weighted by Crippen LogP contribution is -2.74. The van der Waals surface area contributed by atoms with Crippen LogP contribution in [0.25, 0.3) is 74.7 Å². The zero-order valence-electron chi connectivity index (χ0n) is 30.6. The monoisotopic (exact) mass is 780 g/mol. The summed E-state index contributed by atoms with van der Waals surface area (Å²) in [5.41, 5.74) is 11.5. The van der Waals surface area contributed by atoms with Gasteiger partial charge in [-0.15, -0.1) is 0 Å². The minimum atomic E-state index is -2.88. The van der Waals surface area contributed by atoms with Gasteiger partial charge in [0.05, 0.1) is 42.5 Å². The zero-order chi connectivity index (χ0) is 37.5. The number of fused-ring (bicyclic) bond motifs is 10. The molecule has 8 aromatic carbocycles. The van der Waals surface area contributed by atoms with Crippen LogP contribution in [0.1, 0.15) is 0 Å². The molecule has 0 saturated carbocycles. The average Bonchev–Trinajstić information content (AvgIpc) is 4.02. The second kappa shape index (κ2) is 12.7. The van der Waals surface area contributed by atoms with Gasteiger partial charge in [-0.3, -0.25) is 8.80 Å². The van der Waals surface area contributed by atoms with Gasteiger partial charge in [-0.2, -0.15) is 0 Å². The molecule has 7 heteroatoms. The van der Waals surface area contributed by atoms with Crippen molar-refractivity contribution in [1.82, 2.24) is 18.8 Å². The van der Waals surface area contributed by atoms with E-state index in [-0.39, 0.29) is 0 Å². The molecule has 0 aliphatic heterocycles. The highest BCUT2D eigenvalue weighted by Crippen LogP contribution is 2.34. The second-order valence-electron chi connectivity index (χ2n) is 14.6. The first-order valence-corrected chi connectivity index (χ1v) is 22.8. The van der Waals surface area contributed by atoms with Gasteiger partial charge in [0, 0.05) is 0 Å². The van der Waals surface area contributed by atoms with Gasteiger partial charge in [-0.1, -0.05) is 168 Å². The van der Waals surface area contributed by atoms with Crippen molar-refractivity contribution < 1.29 is 0 Å². The van der Waals surface area contributed by atoms with Crippen LogP contribution in [-0.2, 0) is 0 Å². The lowest BCUT2D eigenvalue weighted by molar-refractivity contribution is 1.35. The molecule has 0 aliphatic rings. The van der Waals surface area contributed by atoms with Gasteiger partial charge in [-0.05, 0) is 91.5 Å². The smallest absolute Gasteiger partial charge is 0.195 e. The molecule has 0 spiro atoms. The Hall–Kier alpha value is -6.64. The molecule has 268 valence electrons. The fourth-order valence-electron chi connectivity index (χ4n) is 8.96. The number of para-hydroxylation sites is 2. The molecule has 0 bridgehead atoms. The average molecular weight is 781 g/mol. The normalized spacial score (nSPS) is 12.2. The van der Waals surface area contributed by atoms with Crippen molar-refractivity contribution in [3.8, 4) is 22.3 Å². The third-order valence-corrected chi connectivity index (χ3v) is 18.3. The summed E-state index contributed by atoms with van der Waals surface area (Å²) in [5, 5.41) is 5.38. The molecule has 0 unspecified atom stereocenters. The number of benzene rings is 8. The number of thiazole rings is 2. The summed E-state index contributed by atoms with van der Waals surface area (Å²) >= 11 is 3.49. The number of hydrogen-bond donors (Lipinski definition) is 0. The Labute approximate surface area is 337 Å². The van der Waals surface area contributed by atoms with Gasteiger partial charge >= 0.3 is 0 Å². The number of imidazole rings is 2. The van der Waals surface area contributed by atoms with Gasteiger partial charge in [0.2, 0.25) is 0 Å². The van der Waals surface area contributed by atoms with Crippen LogP contribution in [0.4, 0.5) is 0 Å². The summed E-state index contributed by atoms with van der Waals surface area (Å²) in [4.78, 5) is 12.1. The van der Waals surface area contributed by atoms with Crippen LogP contribution in [0.3, 0.4) is 0 Å². The van der Waals surface area contributed by atoms with E-state index in [1.54, 1.807) is 22.7 Å². The quantitative estimate of drug-likeness (QED) is 0.124. The molecule has 0 radical (unpaired) electrons. The van der Waals surface area contributed by atoms with Gasteiger partial charge in [0.1, 0.15) is 0 Å². The molecule has 4 nitrogen and oxygen atoms in total. The largest absolute Gasteiger partial charge is 0.283 e. The van der Waals surface area contributed by atoms with E-state index in [0.717, 1.165) is 32.0 Å². The highest BCUT2D eigenvalue weighted by atomic mass is 32.1. The minimum Gasteiger partial charge on any atom is -0.283 e. The molecule has 0 saturated heterocycles. The van der Waals surface area contributed by atoms with Crippen molar-refractivity contribution in [2.75, 3.05) is 0 Å². The Morgan fingerprint density at radius 1 is 0.333 bits per heavy atom. The maximum atomic E-state index is 5.02. The zero-order valence-corrected chi connectivity index (χ0v) is 33.2. The predicted molar refractivity (Wildman–Crippen MR) is 244 cm³/mol. The first-order chi connectivity index (χ1) is 28.2. The van der Waals surface area contributed by atoms with E-state index in [2.05, 4.69) is 203 Å². The van der Waals surface area contributed by atoms with E-state index >= 15 is 0 Å². The van der Waals surface area contributed by atoms with Gasteiger partial charge < -0.3 is 0 Å². The molecular formula is C50H32N4S2Si. The summed E-state index contributed by atoms with van der Waals surface area (Å²) in [7, 11) is -2.88. The van der Waals surface area contributed by atoms with E-state index in [1.807, 2.05) is 0 Å². The third kappa shape index (κ3) is 4.96. The number of hydrogen-bond acceptors (Lipinski definition) is 4. The Morgan fingerprint density at radius 3 is 1.21 bits per heavy atom. The topological polar surface area (TPSA) is 34.6 Å². The van der Waals surface area contributed by atoms with Crippen LogP contribution in [0.5, 0.6) is 0 Å².